The molecule has 3 fully saturated rings. The van der Waals surface area contributed by atoms with Crippen molar-refractivity contribution in [2.75, 3.05) is 13.1 Å². The Labute approximate surface area is 145 Å². The van der Waals surface area contributed by atoms with Crippen molar-refractivity contribution >= 4 is 5.91 Å². The van der Waals surface area contributed by atoms with Crippen LogP contribution in [0.15, 0.2) is 0 Å². The smallest absolute Gasteiger partial charge is 0.223 e. The van der Waals surface area contributed by atoms with Crippen molar-refractivity contribution in [2.24, 2.45) is 11.8 Å². The number of hydrogen-bond acceptors (Lipinski definition) is 4. The molecule has 0 spiro atoms. The van der Waals surface area contributed by atoms with Gasteiger partial charge in [-0.2, -0.15) is 0 Å². The Balaban J connectivity index is 1.46. The molecule has 3 rings (SSSR count). The van der Waals surface area contributed by atoms with E-state index in [0.717, 1.165) is 25.8 Å². The summed E-state index contributed by atoms with van der Waals surface area (Å²) >= 11 is 0. The second-order valence-corrected chi connectivity index (χ2v) is 8.15. The van der Waals surface area contributed by atoms with Crippen LogP contribution in [0.2, 0.25) is 0 Å². The third-order valence-electron chi connectivity index (χ3n) is 5.92. The molecule has 0 aromatic heterocycles. The molecule has 3 N–H and O–H groups in total. The number of hydrazine groups is 1. The summed E-state index contributed by atoms with van der Waals surface area (Å²) in [5.74, 6) is 0.528. The first-order chi connectivity index (χ1) is 11.5. The maximum absolute atomic E-state index is 13.4. The summed E-state index contributed by atoms with van der Waals surface area (Å²) in [5.41, 5.74) is 3.56. The van der Waals surface area contributed by atoms with Crippen LogP contribution < -0.4 is 16.1 Å². The van der Waals surface area contributed by atoms with E-state index >= 15 is 0 Å². The largest absolute Gasteiger partial charge is 0.353 e. The number of nitrogens with zero attached hydrogens (tertiary/aromatic N) is 1. The molecule has 6 heteroatoms. The Bertz CT molecular complexity index is 435. The fourth-order valence-electron chi connectivity index (χ4n) is 4.62. The molecule has 1 amide bonds. The monoisotopic (exact) mass is 340 g/mol. The average Bonchev–Trinajstić information content (AvgIpc) is 2.85. The van der Waals surface area contributed by atoms with Gasteiger partial charge in [0.15, 0.2) is 6.30 Å². The Morgan fingerprint density at radius 1 is 1.21 bits per heavy atom. The molecule has 5 nitrogen and oxygen atoms in total. The number of carbonyl (C=O) groups excluding carboxylic acids is 1. The zero-order valence-electron chi connectivity index (χ0n) is 15.1. The molecule has 6 atom stereocenters. The zero-order chi connectivity index (χ0) is 17.1. The van der Waals surface area contributed by atoms with Gasteiger partial charge >= 0.3 is 0 Å². The van der Waals surface area contributed by atoms with E-state index in [-0.39, 0.29) is 17.9 Å². The lowest BCUT2D eigenvalue weighted by molar-refractivity contribution is -0.127. The molecule has 3 aliphatic rings. The van der Waals surface area contributed by atoms with Crippen LogP contribution in [0, 0.1) is 11.8 Å². The highest BCUT2D eigenvalue weighted by Crippen LogP contribution is 2.28. The van der Waals surface area contributed by atoms with Crippen LogP contribution in [0.1, 0.15) is 58.8 Å². The topological polar surface area (TPSA) is 56.4 Å². The van der Waals surface area contributed by atoms with Gasteiger partial charge in [0.05, 0.1) is 0 Å². The second-order valence-electron chi connectivity index (χ2n) is 8.15. The van der Waals surface area contributed by atoms with E-state index in [1.54, 1.807) is 0 Å². The third-order valence-corrected chi connectivity index (χ3v) is 5.92. The van der Waals surface area contributed by atoms with E-state index in [9.17, 15) is 9.18 Å². The maximum atomic E-state index is 13.4. The first-order valence-electron chi connectivity index (χ1n) is 9.72. The van der Waals surface area contributed by atoms with Crippen LogP contribution in [0.25, 0.3) is 0 Å². The first-order valence-corrected chi connectivity index (χ1v) is 9.72. The molecular weight excluding hydrogens is 307 g/mol. The SMILES string of the molecule is CC1CC(C)N(CC2CCCC(NC(=O)C3CCNC(F)C3)C2)N1. The molecule has 138 valence electrons. The van der Waals surface area contributed by atoms with Gasteiger partial charge in [-0.3, -0.25) is 15.5 Å². The molecule has 0 aromatic carbocycles. The number of hydrogen-bond donors (Lipinski definition) is 3. The molecule has 2 heterocycles. The lowest BCUT2D eigenvalue weighted by Crippen LogP contribution is -2.47. The van der Waals surface area contributed by atoms with E-state index in [4.69, 9.17) is 0 Å². The van der Waals surface area contributed by atoms with Gasteiger partial charge in [-0.15, -0.1) is 0 Å². The van der Waals surface area contributed by atoms with Gasteiger partial charge < -0.3 is 5.32 Å². The molecular formula is C18H33FN4O. The van der Waals surface area contributed by atoms with Gasteiger partial charge in [0.25, 0.3) is 0 Å². The molecule has 2 aliphatic heterocycles. The molecule has 2 saturated heterocycles. The van der Waals surface area contributed by atoms with Gasteiger partial charge in [0.2, 0.25) is 5.91 Å². The van der Waals surface area contributed by atoms with Gasteiger partial charge in [-0.25, -0.2) is 9.40 Å². The number of nitrogens with one attached hydrogen (secondary N) is 3. The van der Waals surface area contributed by atoms with Crippen LogP contribution in [-0.2, 0) is 4.79 Å². The third kappa shape index (κ3) is 4.67. The molecule has 0 radical (unpaired) electrons. The van der Waals surface area contributed by atoms with Gasteiger partial charge in [-0.1, -0.05) is 6.42 Å². The quantitative estimate of drug-likeness (QED) is 0.685. The minimum Gasteiger partial charge on any atom is -0.353 e. The summed E-state index contributed by atoms with van der Waals surface area (Å²) in [7, 11) is 0. The number of alkyl halides is 1. The van der Waals surface area contributed by atoms with Crippen LogP contribution in [0.5, 0.6) is 0 Å². The van der Waals surface area contributed by atoms with Crippen LogP contribution >= 0.6 is 0 Å². The van der Waals surface area contributed by atoms with Gasteiger partial charge in [-0.05, 0) is 58.4 Å². The van der Waals surface area contributed by atoms with Crippen molar-refractivity contribution in [2.45, 2.75) is 83.2 Å². The van der Waals surface area contributed by atoms with E-state index < -0.39 is 6.30 Å². The number of halogens is 1. The summed E-state index contributed by atoms with van der Waals surface area (Å²) in [5, 5.41) is 8.37. The standard InChI is InChI=1S/C18H33FN4O/c1-12-8-13(2)23(22-12)11-14-4-3-5-16(9-14)21-18(24)15-6-7-20-17(19)10-15/h12-17,20,22H,3-11H2,1-2H3,(H,21,24). The van der Waals surface area contributed by atoms with E-state index in [1.807, 2.05) is 0 Å². The van der Waals surface area contributed by atoms with Crippen molar-refractivity contribution in [3.8, 4) is 0 Å². The summed E-state index contributed by atoms with van der Waals surface area (Å²) in [6.45, 7) is 6.18. The molecule has 1 aliphatic carbocycles. The highest BCUT2D eigenvalue weighted by Gasteiger charge is 2.32. The second kappa shape index (κ2) is 8.11. The molecule has 24 heavy (non-hydrogen) atoms. The predicted molar refractivity (Wildman–Crippen MR) is 92.9 cm³/mol. The first kappa shape index (κ1) is 18.1. The van der Waals surface area contributed by atoms with Gasteiger partial charge in [0, 0.05) is 37.0 Å². The molecule has 0 aromatic rings. The van der Waals surface area contributed by atoms with E-state index in [1.165, 1.54) is 19.3 Å². The summed E-state index contributed by atoms with van der Waals surface area (Å²) < 4.78 is 13.4. The number of amides is 1. The molecule has 0 bridgehead atoms. The summed E-state index contributed by atoms with van der Waals surface area (Å²) in [6, 6.07) is 1.42. The van der Waals surface area contributed by atoms with Crippen molar-refractivity contribution < 1.29 is 9.18 Å². The molecule has 1 saturated carbocycles. The van der Waals surface area contributed by atoms with Crippen molar-refractivity contribution in [1.82, 2.24) is 21.1 Å². The van der Waals surface area contributed by atoms with Crippen LogP contribution in [0.3, 0.4) is 0 Å². The average molecular weight is 340 g/mol. The Hall–Kier alpha value is -0.720. The number of carbonyl (C=O) groups is 1. The fraction of sp³-hybridized carbons (Fsp3) is 0.944. The Morgan fingerprint density at radius 2 is 2.04 bits per heavy atom. The lowest BCUT2D eigenvalue weighted by atomic mass is 9.84. The zero-order valence-corrected chi connectivity index (χ0v) is 15.1. The van der Waals surface area contributed by atoms with E-state index in [0.29, 0.717) is 31.0 Å². The van der Waals surface area contributed by atoms with Crippen molar-refractivity contribution in [3.05, 3.63) is 0 Å². The van der Waals surface area contributed by atoms with Crippen LogP contribution in [-0.4, -0.2) is 48.4 Å². The van der Waals surface area contributed by atoms with Crippen molar-refractivity contribution in [3.63, 3.8) is 0 Å². The Morgan fingerprint density at radius 3 is 2.75 bits per heavy atom. The highest BCUT2D eigenvalue weighted by molar-refractivity contribution is 5.79. The highest BCUT2D eigenvalue weighted by atomic mass is 19.1. The molecule has 6 unspecified atom stereocenters. The normalized spacial score (nSPS) is 41.3. The maximum Gasteiger partial charge on any atom is 0.223 e. The lowest BCUT2D eigenvalue weighted by Gasteiger charge is -2.34. The van der Waals surface area contributed by atoms with Gasteiger partial charge in [0.1, 0.15) is 0 Å². The summed E-state index contributed by atoms with van der Waals surface area (Å²) in [6.07, 6.45) is 5.76. The Kier molecular flexibility index (Phi) is 6.11. The predicted octanol–water partition coefficient (Wildman–Crippen LogP) is 1.94. The number of piperidine rings is 1. The fourth-order valence-corrected chi connectivity index (χ4v) is 4.62. The summed E-state index contributed by atoms with van der Waals surface area (Å²) in [4.78, 5) is 12.4. The van der Waals surface area contributed by atoms with Crippen molar-refractivity contribution in [1.29, 1.82) is 0 Å². The minimum absolute atomic E-state index is 0.0612. The van der Waals surface area contributed by atoms with E-state index in [2.05, 4.69) is 34.9 Å². The number of rotatable bonds is 4. The minimum atomic E-state index is -1.03. The van der Waals surface area contributed by atoms with Crippen LogP contribution in [0.4, 0.5) is 4.39 Å².